The van der Waals surface area contributed by atoms with E-state index in [1.807, 2.05) is 81.6 Å². The number of anilines is 2. The Labute approximate surface area is 131 Å². The Hall–Kier alpha value is -2.00. The molecule has 0 saturated carbocycles. The van der Waals surface area contributed by atoms with Crippen LogP contribution in [-0.2, 0) is 0 Å². The van der Waals surface area contributed by atoms with Crippen molar-refractivity contribution in [3.8, 4) is 0 Å². The van der Waals surface area contributed by atoms with Crippen molar-refractivity contribution in [2.75, 3.05) is 31.1 Å². The van der Waals surface area contributed by atoms with Crippen molar-refractivity contribution in [2.45, 2.75) is 6.92 Å². The standard InChI is InChI=1S/C17H20ClN3/c1-13(19-21(4)15-8-6-5-7-9-15)16-12-14(18)10-11-17(16)20(2)3/h5-12H,1-4H3/b19-13-. The molecule has 0 fully saturated rings. The first kappa shape index (κ1) is 15.4. The fourth-order valence-electron chi connectivity index (χ4n) is 2.17. The lowest BCUT2D eigenvalue weighted by atomic mass is 10.1. The van der Waals surface area contributed by atoms with Crippen LogP contribution in [0.2, 0.25) is 5.02 Å². The van der Waals surface area contributed by atoms with Gasteiger partial charge in [0.05, 0.1) is 11.4 Å². The van der Waals surface area contributed by atoms with Gasteiger partial charge in [-0.15, -0.1) is 0 Å². The van der Waals surface area contributed by atoms with Gasteiger partial charge < -0.3 is 4.90 Å². The summed E-state index contributed by atoms with van der Waals surface area (Å²) < 4.78 is 0. The molecule has 0 spiro atoms. The van der Waals surface area contributed by atoms with Crippen LogP contribution >= 0.6 is 11.6 Å². The molecule has 0 heterocycles. The van der Waals surface area contributed by atoms with Crippen LogP contribution in [0.3, 0.4) is 0 Å². The van der Waals surface area contributed by atoms with Gasteiger partial charge in [-0.25, -0.2) is 0 Å². The Morgan fingerprint density at radius 1 is 1.00 bits per heavy atom. The minimum absolute atomic E-state index is 0.715. The number of hydrogen-bond donors (Lipinski definition) is 0. The number of halogens is 1. The maximum Gasteiger partial charge on any atom is 0.0672 e. The molecule has 4 heteroatoms. The molecular formula is C17H20ClN3. The largest absolute Gasteiger partial charge is 0.377 e. The number of nitrogens with zero attached hydrogens (tertiary/aromatic N) is 3. The molecular weight excluding hydrogens is 282 g/mol. The fraction of sp³-hybridized carbons (Fsp3) is 0.235. The third-order valence-electron chi connectivity index (χ3n) is 3.26. The number of benzene rings is 2. The van der Waals surface area contributed by atoms with Crippen molar-refractivity contribution in [2.24, 2.45) is 5.10 Å². The van der Waals surface area contributed by atoms with Crippen molar-refractivity contribution in [1.82, 2.24) is 0 Å². The molecule has 0 aliphatic rings. The lowest BCUT2D eigenvalue weighted by molar-refractivity contribution is 1.01. The number of rotatable bonds is 4. The Morgan fingerprint density at radius 2 is 1.67 bits per heavy atom. The quantitative estimate of drug-likeness (QED) is 0.620. The van der Waals surface area contributed by atoms with Gasteiger partial charge in [0.15, 0.2) is 0 Å². The van der Waals surface area contributed by atoms with Crippen molar-refractivity contribution in [3.63, 3.8) is 0 Å². The molecule has 2 aromatic carbocycles. The Bertz CT molecular complexity index is 636. The van der Waals surface area contributed by atoms with Gasteiger partial charge in [0.1, 0.15) is 0 Å². The Kier molecular flexibility index (Phi) is 4.86. The molecule has 0 saturated heterocycles. The van der Waals surface area contributed by atoms with E-state index in [2.05, 4.69) is 10.0 Å². The second-order valence-corrected chi connectivity index (χ2v) is 5.54. The molecule has 0 aliphatic heterocycles. The third-order valence-corrected chi connectivity index (χ3v) is 3.50. The minimum atomic E-state index is 0.715. The molecule has 3 nitrogen and oxygen atoms in total. The number of para-hydroxylation sites is 1. The van der Waals surface area contributed by atoms with E-state index in [1.165, 1.54) is 0 Å². The van der Waals surface area contributed by atoms with Crippen LogP contribution in [0.5, 0.6) is 0 Å². The summed E-state index contributed by atoms with van der Waals surface area (Å²) in [4.78, 5) is 2.06. The SMILES string of the molecule is C/C(=N/N(C)c1ccccc1)c1cc(Cl)ccc1N(C)C. The van der Waals surface area contributed by atoms with Crippen LogP contribution in [0.1, 0.15) is 12.5 Å². The van der Waals surface area contributed by atoms with Crippen LogP contribution < -0.4 is 9.91 Å². The topological polar surface area (TPSA) is 18.8 Å². The molecule has 110 valence electrons. The highest BCUT2D eigenvalue weighted by molar-refractivity contribution is 6.31. The van der Waals surface area contributed by atoms with Crippen molar-refractivity contribution in [1.29, 1.82) is 0 Å². The number of hydrazone groups is 1. The predicted octanol–water partition coefficient (Wildman–Crippen LogP) is 4.27. The highest BCUT2D eigenvalue weighted by Gasteiger charge is 2.09. The van der Waals surface area contributed by atoms with Crippen molar-refractivity contribution in [3.05, 3.63) is 59.1 Å². The van der Waals surface area contributed by atoms with E-state index in [1.54, 1.807) is 0 Å². The molecule has 0 unspecified atom stereocenters. The summed E-state index contributed by atoms with van der Waals surface area (Å²) in [6, 6.07) is 15.9. The van der Waals surface area contributed by atoms with Gasteiger partial charge in [-0.1, -0.05) is 29.8 Å². The third kappa shape index (κ3) is 3.76. The molecule has 0 bridgehead atoms. The van der Waals surface area contributed by atoms with Crippen LogP contribution in [0, 0.1) is 0 Å². The summed E-state index contributed by atoms with van der Waals surface area (Å²) in [5.74, 6) is 0. The van der Waals surface area contributed by atoms with E-state index >= 15 is 0 Å². The maximum absolute atomic E-state index is 6.13. The zero-order valence-corrected chi connectivity index (χ0v) is 13.6. The molecule has 0 atom stereocenters. The predicted molar refractivity (Wildman–Crippen MR) is 92.8 cm³/mol. The lowest BCUT2D eigenvalue weighted by Crippen LogP contribution is -2.16. The van der Waals surface area contributed by atoms with Gasteiger partial charge in [-0.2, -0.15) is 5.10 Å². The van der Waals surface area contributed by atoms with Gasteiger partial charge in [-0.05, 0) is 37.3 Å². The summed E-state index contributed by atoms with van der Waals surface area (Å²) in [5.41, 5.74) is 4.11. The van der Waals surface area contributed by atoms with Crippen molar-refractivity contribution < 1.29 is 0 Å². The maximum atomic E-state index is 6.13. The summed E-state index contributed by atoms with van der Waals surface area (Å²) in [7, 11) is 5.97. The second kappa shape index (κ2) is 6.64. The Morgan fingerprint density at radius 3 is 2.29 bits per heavy atom. The van der Waals surface area contributed by atoms with Crippen LogP contribution in [0.15, 0.2) is 53.6 Å². The smallest absolute Gasteiger partial charge is 0.0672 e. The first-order valence-corrected chi connectivity index (χ1v) is 7.18. The molecule has 0 N–H and O–H groups in total. The van der Waals surface area contributed by atoms with Gasteiger partial charge in [0.25, 0.3) is 0 Å². The summed E-state index contributed by atoms with van der Waals surface area (Å²) in [6.07, 6.45) is 0. The van der Waals surface area contributed by atoms with Crippen molar-refractivity contribution >= 4 is 28.7 Å². The van der Waals surface area contributed by atoms with E-state index in [0.717, 1.165) is 22.6 Å². The van der Waals surface area contributed by atoms with E-state index < -0.39 is 0 Å². The zero-order valence-electron chi connectivity index (χ0n) is 12.8. The first-order valence-electron chi connectivity index (χ1n) is 6.80. The van der Waals surface area contributed by atoms with E-state index in [4.69, 9.17) is 11.6 Å². The highest BCUT2D eigenvalue weighted by Crippen LogP contribution is 2.24. The monoisotopic (exact) mass is 301 g/mol. The average Bonchev–Trinajstić information content (AvgIpc) is 2.47. The normalized spacial score (nSPS) is 11.4. The van der Waals surface area contributed by atoms with E-state index in [0.29, 0.717) is 5.02 Å². The Balaban J connectivity index is 2.37. The molecule has 0 aliphatic carbocycles. The molecule has 0 aromatic heterocycles. The van der Waals surface area contributed by atoms with Gasteiger partial charge in [-0.3, -0.25) is 5.01 Å². The minimum Gasteiger partial charge on any atom is -0.377 e. The lowest BCUT2D eigenvalue weighted by Gasteiger charge is -2.19. The number of hydrogen-bond acceptors (Lipinski definition) is 3. The fourth-order valence-corrected chi connectivity index (χ4v) is 2.34. The van der Waals surface area contributed by atoms with Crippen LogP contribution in [0.4, 0.5) is 11.4 Å². The molecule has 2 rings (SSSR count). The molecule has 0 amide bonds. The molecule has 0 radical (unpaired) electrons. The second-order valence-electron chi connectivity index (χ2n) is 5.10. The molecule has 2 aromatic rings. The van der Waals surface area contributed by atoms with Gasteiger partial charge in [0.2, 0.25) is 0 Å². The average molecular weight is 302 g/mol. The van der Waals surface area contributed by atoms with Crippen LogP contribution in [0.25, 0.3) is 0 Å². The summed E-state index contributed by atoms with van der Waals surface area (Å²) in [5, 5.41) is 7.25. The summed E-state index contributed by atoms with van der Waals surface area (Å²) >= 11 is 6.13. The van der Waals surface area contributed by atoms with Crippen LogP contribution in [-0.4, -0.2) is 26.9 Å². The van der Waals surface area contributed by atoms with Gasteiger partial charge in [0, 0.05) is 37.4 Å². The molecule has 21 heavy (non-hydrogen) atoms. The highest BCUT2D eigenvalue weighted by atomic mass is 35.5. The van der Waals surface area contributed by atoms with Gasteiger partial charge >= 0.3 is 0 Å². The van der Waals surface area contributed by atoms with E-state index in [9.17, 15) is 0 Å². The zero-order chi connectivity index (χ0) is 15.4. The van der Waals surface area contributed by atoms with E-state index in [-0.39, 0.29) is 0 Å². The summed E-state index contributed by atoms with van der Waals surface area (Å²) in [6.45, 7) is 2.00. The first-order chi connectivity index (χ1) is 9.99.